The summed E-state index contributed by atoms with van der Waals surface area (Å²) in [5.41, 5.74) is -0.646. The van der Waals surface area contributed by atoms with Crippen molar-refractivity contribution >= 4 is 12.1 Å². The third-order valence-electron chi connectivity index (χ3n) is 2.73. The Morgan fingerprint density at radius 3 is 2.52 bits per heavy atom. The molecule has 0 radical (unpaired) electrons. The molecular formula is C15H22O6. The van der Waals surface area contributed by atoms with Gasteiger partial charge in [-0.15, -0.1) is 6.42 Å². The Hall–Kier alpha value is -1.74. The molecule has 1 aliphatic heterocycles. The summed E-state index contributed by atoms with van der Waals surface area (Å²) in [7, 11) is 0. The fourth-order valence-electron chi connectivity index (χ4n) is 1.92. The Morgan fingerprint density at radius 2 is 2.05 bits per heavy atom. The Labute approximate surface area is 125 Å². The lowest BCUT2D eigenvalue weighted by atomic mass is 10.1. The summed E-state index contributed by atoms with van der Waals surface area (Å²) in [6.45, 7) is 6.35. The fraction of sp³-hybridized carbons (Fsp3) is 0.733. The predicted octanol–water partition coefficient (Wildman–Crippen LogP) is 2.05. The molecule has 6 heteroatoms. The number of hydrogen-bond acceptors (Lipinski definition) is 6. The van der Waals surface area contributed by atoms with Crippen molar-refractivity contribution in [2.75, 3.05) is 6.61 Å². The molecule has 1 heterocycles. The molecule has 0 bridgehead atoms. The smallest absolute Gasteiger partial charge is 0.456 e. The Kier molecular flexibility index (Phi) is 6.03. The van der Waals surface area contributed by atoms with E-state index in [9.17, 15) is 9.59 Å². The molecule has 0 spiro atoms. The highest BCUT2D eigenvalue weighted by atomic mass is 16.7. The van der Waals surface area contributed by atoms with Crippen molar-refractivity contribution in [2.24, 2.45) is 0 Å². The lowest BCUT2D eigenvalue weighted by molar-refractivity contribution is -0.158. The minimum absolute atomic E-state index is 0.129. The predicted molar refractivity (Wildman–Crippen MR) is 74.5 cm³/mol. The zero-order chi connectivity index (χ0) is 16.0. The molecule has 21 heavy (non-hydrogen) atoms. The molecule has 0 N–H and O–H groups in total. The van der Waals surface area contributed by atoms with Crippen LogP contribution in [0, 0.1) is 12.3 Å². The molecule has 0 unspecified atom stereocenters. The van der Waals surface area contributed by atoms with Crippen molar-refractivity contribution < 1.29 is 28.5 Å². The van der Waals surface area contributed by atoms with Gasteiger partial charge in [0.25, 0.3) is 0 Å². The normalized spacial score (nSPS) is 23.0. The lowest BCUT2D eigenvalue weighted by Gasteiger charge is -2.24. The van der Waals surface area contributed by atoms with Crippen molar-refractivity contribution in [2.45, 2.75) is 64.4 Å². The van der Waals surface area contributed by atoms with E-state index in [0.29, 0.717) is 12.8 Å². The van der Waals surface area contributed by atoms with Gasteiger partial charge in [-0.25, -0.2) is 4.79 Å². The molecular weight excluding hydrogens is 276 g/mol. The van der Waals surface area contributed by atoms with Crippen molar-refractivity contribution in [3.63, 3.8) is 0 Å². The maximum atomic E-state index is 11.5. The molecule has 1 saturated heterocycles. The van der Waals surface area contributed by atoms with E-state index >= 15 is 0 Å². The molecule has 118 valence electrons. The molecule has 0 aromatic rings. The molecule has 0 aliphatic carbocycles. The first-order chi connectivity index (χ1) is 9.71. The van der Waals surface area contributed by atoms with Crippen LogP contribution < -0.4 is 0 Å². The number of carbonyl (C=O) groups is 2. The van der Waals surface area contributed by atoms with Crippen LogP contribution in [0.25, 0.3) is 0 Å². The molecule has 3 atom stereocenters. The van der Waals surface area contributed by atoms with E-state index in [2.05, 4.69) is 5.92 Å². The topological polar surface area (TPSA) is 71.1 Å². The van der Waals surface area contributed by atoms with Gasteiger partial charge in [-0.2, -0.15) is 0 Å². The molecule has 0 aromatic heterocycles. The van der Waals surface area contributed by atoms with Crippen LogP contribution in [0.3, 0.4) is 0 Å². The van der Waals surface area contributed by atoms with Gasteiger partial charge >= 0.3 is 12.1 Å². The van der Waals surface area contributed by atoms with Crippen LogP contribution in [-0.2, 0) is 23.7 Å². The van der Waals surface area contributed by atoms with Gasteiger partial charge in [0.15, 0.2) is 6.10 Å². The van der Waals surface area contributed by atoms with E-state index in [0.717, 1.165) is 0 Å². The largest absolute Gasteiger partial charge is 0.508 e. The number of terminal acetylenes is 1. The summed E-state index contributed by atoms with van der Waals surface area (Å²) in [6.07, 6.45) is 4.46. The van der Waals surface area contributed by atoms with E-state index in [1.165, 1.54) is 6.92 Å². The van der Waals surface area contributed by atoms with E-state index < -0.39 is 23.8 Å². The summed E-state index contributed by atoms with van der Waals surface area (Å²) in [5.74, 6) is 2.03. The monoisotopic (exact) mass is 298 g/mol. The van der Waals surface area contributed by atoms with Crippen molar-refractivity contribution in [3.8, 4) is 12.3 Å². The minimum Gasteiger partial charge on any atom is -0.456 e. The van der Waals surface area contributed by atoms with Gasteiger partial charge < -0.3 is 18.9 Å². The number of ether oxygens (including phenoxy) is 4. The second kappa shape index (κ2) is 7.32. The highest BCUT2D eigenvalue weighted by Gasteiger charge is 2.34. The lowest BCUT2D eigenvalue weighted by Crippen LogP contribution is -2.36. The SMILES string of the molecule is C#C[C@H]1CC[C@@H]([C@@H](COC(=O)OC(C)(C)C)OC(C)=O)O1. The first-order valence-electron chi connectivity index (χ1n) is 6.86. The summed E-state index contributed by atoms with van der Waals surface area (Å²) < 4.78 is 20.7. The standard InChI is InChI=1S/C15H22O6/c1-6-11-7-8-12(20-11)13(19-10(2)16)9-18-14(17)21-15(3,4)5/h1,11-13H,7-9H2,2-5H3/t11-,12-,13+/m0/s1. The maximum Gasteiger partial charge on any atom is 0.508 e. The van der Waals surface area contributed by atoms with E-state index in [1.807, 2.05) is 0 Å². The van der Waals surface area contributed by atoms with Gasteiger partial charge in [0.2, 0.25) is 0 Å². The van der Waals surface area contributed by atoms with Crippen LogP contribution >= 0.6 is 0 Å². The van der Waals surface area contributed by atoms with Crippen molar-refractivity contribution in [3.05, 3.63) is 0 Å². The van der Waals surface area contributed by atoms with Crippen LogP contribution in [0.1, 0.15) is 40.5 Å². The van der Waals surface area contributed by atoms with E-state index in [1.54, 1.807) is 20.8 Å². The average molecular weight is 298 g/mol. The van der Waals surface area contributed by atoms with E-state index in [-0.39, 0.29) is 18.8 Å². The van der Waals surface area contributed by atoms with Gasteiger partial charge in [-0.05, 0) is 33.6 Å². The van der Waals surface area contributed by atoms with Crippen LogP contribution in [0.2, 0.25) is 0 Å². The Balaban J connectivity index is 2.53. The molecule has 0 saturated carbocycles. The third kappa shape index (κ3) is 6.50. The molecule has 1 fully saturated rings. The maximum absolute atomic E-state index is 11.5. The second-order valence-electron chi connectivity index (χ2n) is 5.83. The Bertz CT molecular complexity index is 417. The summed E-state index contributed by atoms with van der Waals surface area (Å²) in [5, 5.41) is 0. The highest BCUT2D eigenvalue weighted by molar-refractivity contribution is 5.66. The average Bonchev–Trinajstić information content (AvgIpc) is 2.80. The zero-order valence-corrected chi connectivity index (χ0v) is 12.9. The van der Waals surface area contributed by atoms with Gasteiger partial charge in [-0.1, -0.05) is 5.92 Å². The zero-order valence-electron chi connectivity index (χ0n) is 12.9. The molecule has 6 nitrogen and oxygen atoms in total. The van der Waals surface area contributed by atoms with Crippen molar-refractivity contribution in [1.29, 1.82) is 0 Å². The first-order valence-corrected chi connectivity index (χ1v) is 6.86. The number of carbonyl (C=O) groups excluding carboxylic acids is 2. The number of hydrogen-bond donors (Lipinski definition) is 0. The third-order valence-corrected chi connectivity index (χ3v) is 2.73. The second-order valence-corrected chi connectivity index (χ2v) is 5.83. The van der Waals surface area contributed by atoms with Crippen LogP contribution in [-0.4, -0.2) is 42.6 Å². The number of rotatable bonds is 4. The van der Waals surface area contributed by atoms with Gasteiger partial charge in [0, 0.05) is 6.92 Å². The van der Waals surface area contributed by atoms with E-state index in [4.69, 9.17) is 25.4 Å². The summed E-state index contributed by atoms with van der Waals surface area (Å²) in [6, 6.07) is 0. The van der Waals surface area contributed by atoms with Gasteiger partial charge in [-0.3, -0.25) is 4.79 Å². The van der Waals surface area contributed by atoms with Gasteiger partial charge in [0.05, 0.1) is 6.10 Å². The quantitative estimate of drug-likeness (QED) is 0.584. The van der Waals surface area contributed by atoms with Crippen LogP contribution in [0.4, 0.5) is 4.79 Å². The van der Waals surface area contributed by atoms with Crippen LogP contribution in [0.15, 0.2) is 0 Å². The number of esters is 1. The molecule has 0 aromatic carbocycles. The van der Waals surface area contributed by atoms with Crippen LogP contribution in [0.5, 0.6) is 0 Å². The summed E-state index contributed by atoms with van der Waals surface area (Å²) in [4.78, 5) is 22.7. The highest BCUT2D eigenvalue weighted by Crippen LogP contribution is 2.24. The Morgan fingerprint density at radius 1 is 1.38 bits per heavy atom. The first kappa shape index (κ1) is 17.3. The molecule has 0 amide bonds. The van der Waals surface area contributed by atoms with Gasteiger partial charge in [0.1, 0.15) is 18.3 Å². The van der Waals surface area contributed by atoms with Crippen molar-refractivity contribution in [1.82, 2.24) is 0 Å². The fourth-order valence-corrected chi connectivity index (χ4v) is 1.92. The molecule has 1 rings (SSSR count). The minimum atomic E-state index is -0.814. The molecule has 1 aliphatic rings. The summed E-state index contributed by atoms with van der Waals surface area (Å²) >= 11 is 0.